The van der Waals surface area contributed by atoms with Gasteiger partial charge in [0.05, 0.1) is 12.8 Å². The molecule has 0 aliphatic heterocycles. The predicted octanol–water partition coefficient (Wildman–Crippen LogP) is 2.31. The molecule has 19 heavy (non-hydrogen) atoms. The second-order valence-corrected chi connectivity index (χ2v) is 5.43. The molecule has 2 rings (SSSR count). The van der Waals surface area contributed by atoms with E-state index in [1.165, 1.54) is 6.07 Å². The molecule has 0 aliphatic rings. The number of aromatic nitrogens is 1. The Morgan fingerprint density at radius 1 is 1.26 bits per heavy atom. The number of para-hydroxylation sites is 1. The lowest BCUT2D eigenvalue weighted by Gasteiger charge is -2.10. The summed E-state index contributed by atoms with van der Waals surface area (Å²) < 4.78 is 36.3. The van der Waals surface area contributed by atoms with Gasteiger partial charge in [-0.1, -0.05) is 12.1 Å². The number of nitrogens with zero attached hydrogens (tertiary/aromatic N) is 1. The van der Waals surface area contributed by atoms with Crippen LogP contribution in [0.1, 0.15) is 5.56 Å². The van der Waals surface area contributed by atoms with Crippen LogP contribution in [0.25, 0.3) is 11.3 Å². The molecule has 6 heteroatoms. The van der Waals surface area contributed by atoms with E-state index < -0.39 is 10.1 Å². The molecule has 1 aromatic carbocycles. The normalized spacial score (nSPS) is 11.3. The Labute approximate surface area is 111 Å². The Kier molecular flexibility index (Phi) is 3.55. The fraction of sp³-hybridized carbons (Fsp3) is 0.154. The molecule has 0 amide bonds. The van der Waals surface area contributed by atoms with Crippen LogP contribution in [0.15, 0.2) is 41.4 Å². The van der Waals surface area contributed by atoms with Gasteiger partial charge < -0.3 is 4.74 Å². The van der Waals surface area contributed by atoms with Crippen molar-refractivity contribution >= 4 is 10.1 Å². The smallest absolute Gasteiger partial charge is 0.296 e. The van der Waals surface area contributed by atoms with E-state index in [2.05, 4.69) is 4.98 Å². The van der Waals surface area contributed by atoms with Gasteiger partial charge in [-0.05, 0) is 30.7 Å². The average Bonchev–Trinajstić information content (AvgIpc) is 2.37. The molecule has 2 aromatic rings. The van der Waals surface area contributed by atoms with Crippen molar-refractivity contribution in [1.29, 1.82) is 0 Å². The van der Waals surface area contributed by atoms with Gasteiger partial charge in [0, 0.05) is 11.8 Å². The fourth-order valence-electron chi connectivity index (χ4n) is 1.81. The molecule has 0 radical (unpaired) electrons. The number of aryl methyl sites for hydroxylation is 1. The molecule has 0 atom stereocenters. The first kappa shape index (κ1) is 13.5. The van der Waals surface area contributed by atoms with Crippen LogP contribution in [0.3, 0.4) is 0 Å². The van der Waals surface area contributed by atoms with Crippen molar-refractivity contribution in [2.24, 2.45) is 0 Å². The third kappa shape index (κ3) is 2.74. The number of rotatable bonds is 3. The van der Waals surface area contributed by atoms with Crippen LogP contribution in [-0.4, -0.2) is 25.1 Å². The summed E-state index contributed by atoms with van der Waals surface area (Å²) >= 11 is 0. The van der Waals surface area contributed by atoms with Gasteiger partial charge >= 0.3 is 0 Å². The van der Waals surface area contributed by atoms with E-state index in [9.17, 15) is 8.42 Å². The van der Waals surface area contributed by atoms with Gasteiger partial charge in [0.15, 0.2) is 0 Å². The van der Waals surface area contributed by atoms with Crippen molar-refractivity contribution in [3.8, 4) is 17.0 Å². The predicted molar refractivity (Wildman–Crippen MR) is 70.8 cm³/mol. The molecule has 5 nitrogen and oxygen atoms in total. The van der Waals surface area contributed by atoms with Crippen molar-refractivity contribution in [3.05, 3.63) is 42.1 Å². The van der Waals surface area contributed by atoms with Crippen LogP contribution in [-0.2, 0) is 10.1 Å². The molecule has 0 saturated carbocycles. The van der Waals surface area contributed by atoms with E-state index in [0.29, 0.717) is 17.0 Å². The first-order valence-corrected chi connectivity index (χ1v) is 6.95. The number of hydrogen-bond acceptors (Lipinski definition) is 4. The maximum Gasteiger partial charge on any atom is 0.296 e. The maximum atomic E-state index is 11.0. The molecule has 0 aliphatic carbocycles. The van der Waals surface area contributed by atoms with Crippen molar-refractivity contribution in [1.82, 2.24) is 4.98 Å². The Balaban J connectivity index is 2.59. The first-order chi connectivity index (χ1) is 8.93. The maximum absolute atomic E-state index is 11.0. The zero-order chi connectivity index (χ0) is 14.0. The summed E-state index contributed by atoms with van der Waals surface area (Å²) in [4.78, 5) is 3.89. The fourth-order valence-corrected chi connectivity index (χ4v) is 2.32. The van der Waals surface area contributed by atoms with Crippen LogP contribution >= 0.6 is 0 Å². The number of methoxy groups -OCH3 is 1. The number of hydrogen-bond donors (Lipinski definition) is 1. The summed E-state index contributed by atoms with van der Waals surface area (Å²) in [7, 11) is -2.68. The standard InChI is InChI=1S/C13H13NO4S/c1-9-7-10(19(15,16)17)8-14-13(9)11-5-3-4-6-12(11)18-2/h3-8H,1-2H3,(H,15,16,17). The monoisotopic (exact) mass is 279 g/mol. The van der Waals surface area contributed by atoms with Crippen LogP contribution in [0.2, 0.25) is 0 Å². The van der Waals surface area contributed by atoms with Gasteiger partial charge in [0.2, 0.25) is 0 Å². The van der Waals surface area contributed by atoms with Crippen molar-refractivity contribution in [2.75, 3.05) is 7.11 Å². The quantitative estimate of drug-likeness (QED) is 0.872. The SMILES string of the molecule is COc1ccccc1-c1ncc(S(=O)(=O)O)cc1C. The summed E-state index contributed by atoms with van der Waals surface area (Å²) in [5.74, 6) is 0.651. The van der Waals surface area contributed by atoms with Crippen LogP contribution < -0.4 is 4.74 Å². The van der Waals surface area contributed by atoms with Crippen molar-refractivity contribution < 1.29 is 17.7 Å². The van der Waals surface area contributed by atoms with Crippen LogP contribution in [0.4, 0.5) is 0 Å². The summed E-state index contributed by atoms with van der Waals surface area (Å²) in [6.45, 7) is 1.73. The second kappa shape index (κ2) is 4.99. The molecule has 0 saturated heterocycles. The Morgan fingerprint density at radius 3 is 2.53 bits per heavy atom. The highest BCUT2D eigenvalue weighted by Gasteiger charge is 2.14. The first-order valence-electron chi connectivity index (χ1n) is 5.51. The topological polar surface area (TPSA) is 76.5 Å². The molecule has 0 unspecified atom stereocenters. The lowest BCUT2D eigenvalue weighted by atomic mass is 10.1. The molecule has 1 N–H and O–H groups in total. The molecule has 1 heterocycles. The highest BCUT2D eigenvalue weighted by molar-refractivity contribution is 7.85. The highest BCUT2D eigenvalue weighted by Crippen LogP contribution is 2.30. The molecule has 0 spiro atoms. The van der Waals surface area contributed by atoms with Gasteiger partial charge in [-0.2, -0.15) is 8.42 Å². The molecular weight excluding hydrogens is 266 g/mol. The zero-order valence-corrected chi connectivity index (χ0v) is 11.3. The Bertz CT molecular complexity index is 710. The Hall–Kier alpha value is -1.92. The van der Waals surface area contributed by atoms with Gasteiger partial charge in [-0.25, -0.2) is 0 Å². The van der Waals surface area contributed by atoms with E-state index in [4.69, 9.17) is 9.29 Å². The van der Waals surface area contributed by atoms with Crippen LogP contribution in [0.5, 0.6) is 5.75 Å². The highest BCUT2D eigenvalue weighted by atomic mass is 32.2. The third-order valence-corrected chi connectivity index (χ3v) is 3.53. The molecule has 1 aromatic heterocycles. The number of ether oxygens (including phenoxy) is 1. The van der Waals surface area contributed by atoms with Gasteiger partial charge in [0.1, 0.15) is 10.6 Å². The zero-order valence-electron chi connectivity index (χ0n) is 10.5. The summed E-state index contributed by atoms with van der Waals surface area (Å²) in [5, 5.41) is 0. The minimum Gasteiger partial charge on any atom is -0.496 e. The lowest BCUT2D eigenvalue weighted by Crippen LogP contribution is -2.01. The minimum atomic E-state index is -4.23. The summed E-state index contributed by atoms with van der Waals surface area (Å²) in [6, 6.07) is 8.69. The van der Waals surface area contributed by atoms with Gasteiger partial charge in [-0.15, -0.1) is 0 Å². The summed E-state index contributed by atoms with van der Waals surface area (Å²) in [6.07, 6.45) is 1.13. The molecule has 100 valence electrons. The van der Waals surface area contributed by atoms with Gasteiger partial charge in [-0.3, -0.25) is 9.54 Å². The number of benzene rings is 1. The molecular formula is C13H13NO4S. The summed E-state index contributed by atoms with van der Waals surface area (Å²) in [5.41, 5.74) is 2.02. The largest absolute Gasteiger partial charge is 0.496 e. The number of pyridine rings is 1. The van der Waals surface area contributed by atoms with Crippen molar-refractivity contribution in [2.45, 2.75) is 11.8 Å². The van der Waals surface area contributed by atoms with E-state index in [1.54, 1.807) is 20.1 Å². The minimum absolute atomic E-state index is 0.219. The Morgan fingerprint density at radius 2 is 1.95 bits per heavy atom. The lowest BCUT2D eigenvalue weighted by molar-refractivity contribution is 0.416. The van der Waals surface area contributed by atoms with E-state index in [0.717, 1.165) is 11.8 Å². The molecule has 0 fully saturated rings. The van der Waals surface area contributed by atoms with Crippen molar-refractivity contribution in [3.63, 3.8) is 0 Å². The average molecular weight is 279 g/mol. The second-order valence-electron chi connectivity index (χ2n) is 4.01. The van der Waals surface area contributed by atoms with E-state index in [1.807, 2.05) is 18.2 Å². The molecule has 0 bridgehead atoms. The van der Waals surface area contributed by atoms with E-state index in [-0.39, 0.29) is 4.90 Å². The van der Waals surface area contributed by atoms with Gasteiger partial charge in [0.25, 0.3) is 10.1 Å². The third-order valence-electron chi connectivity index (χ3n) is 2.71. The van der Waals surface area contributed by atoms with Crippen LogP contribution in [0, 0.1) is 6.92 Å². The van der Waals surface area contributed by atoms with E-state index >= 15 is 0 Å².